The van der Waals surface area contributed by atoms with Crippen LogP contribution < -0.4 is 5.32 Å². The van der Waals surface area contributed by atoms with E-state index in [1.165, 1.54) is 41.8 Å². The summed E-state index contributed by atoms with van der Waals surface area (Å²) in [5, 5.41) is 5.58. The zero-order valence-electron chi connectivity index (χ0n) is 10.1. The van der Waals surface area contributed by atoms with E-state index in [4.69, 9.17) is 0 Å². The first-order valence-electron chi connectivity index (χ1n) is 5.86. The number of halogens is 2. The van der Waals surface area contributed by atoms with Gasteiger partial charge in [-0.3, -0.25) is 0 Å². The van der Waals surface area contributed by atoms with Crippen LogP contribution in [0.4, 0.5) is 0 Å². The topological polar surface area (TPSA) is 15.3 Å². The molecule has 5 heteroatoms. The van der Waals surface area contributed by atoms with Crippen LogP contribution in [0, 0.1) is 5.92 Å². The Balaban J connectivity index is 0.00000144. The number of thiophene rings is 1. The minimum Gasteiger partial charge on any atom is -0.317 e. The maximum absolute atomic E-state index is 3.50. The molecule has 0 amide bonds. The molecule has 0 atom stereocenters. The van der Waals surface area contributed by atoms with Gasteiger partial charge in [-0.1, -0.05) is 0 Å². The summed E-state index contributed by atoms with van der Waals surface area (Å²) in [6.45, 7) is 4.71. The van der Waals surface area contributed by atoms with Crippen LogP contribution in [-0.2, 0) is 6.54 Å². The molecule has 1 N–H and O–H groups in total. The monoisotopic (exact) mass is 338 g/mol. The average Bonchev–Trinajstić information content (AvgIpc) is 2.65. The van der Waals surface area contributed by atoms with Crippen LogP contribution in [0.3, 0.4) is 0 Å². The molecule has 1 saturated heterocycles. The molecule has 1 aliphatic heterocycles. The molecule has 1 fully saturated rings. The lowest BCUT2D eigenvalue weighted by atomic mass is 9.98. The van der Waals surface area contributed by atoms with Gasteiger partial charge in [0, 0.05) is 27.8 Å². The van der Waals surface area contributed by atoms with Gasteiger partial charge in [-0.25, -0.2) is 0 Å². The van der Waals surface area contributed by atoms with Gasteiger partial charge in [0.25, 0.3) is 0 Å². The summed E-state index contributed by atoms with van der Waals surface area (Å²) in [4.78, 5) is 3.90. The van der Waals surface area contributed by atoms with E-state index < -0.39 is 0 Å². The lowest BCUT2D eigenvalue weighted by Gasteiger charge is -2.27. The van der Waals surface area contributed by atoms with Gasteiger partial charge < -0.3 is 10.2 Å². The third-order valence-electron chi connectivity index (χ3n) is 3.08. The predicted octanol–water partition coefficient (Wildman–Crippen LogP) is 3.36. The zero-order valence-corrected chi connectivity index (χ0v) is 13.3. The second-order valence-corrected chi connectivity index (χ2v) is 6.53. The van der Waals surface area contributed by atoms with E-state index in [1.807, 2.05) is 11.3 Å². The molecule has 1 aliphatic rings. The van der Waals surface area contributed by atoms with E-state index in [2.05, 4.69) is 44.6 Å². The molecule has 0 unspecified atom stereocenters. The van der Waals surface area contributed by atoms with E-state index in [-0.39, 0.29) is 12.4 Å². The molecular formula is C12H20BrClN2S. The van der Waals surface area contributed by atoms with Gasteiger partial charge in [-0.2, -0.15) is 0 Å². The van der Waals surface area contributed by atoms with Gasteiger partial charge in [-0.15, -0.1) is 23.7 Å². The van der Waals surface area contributed by atoms with E-state index in [0.717, 1.165) is 12.5 Å². The largest absolute Gasteiger partial charge is 0.317 e. The first-order valence-corrected chi connectivity index (χ1v) is 7.53. The third-order valence-corrected chi connectivity index (χ3v) is 4.76. The molecule has 0 radical (unpaired) electrons. The van der Waals surface area contributed by atoms with E-state index >= 15 is 0 Å². The molecule has 2 rings (SSSR count). The fourth-order valence-corrected chi connectivity index (χ4v) is 3.80. The highest BCUT2D eigenvalue weighted by atomic mass is 79.9. The molecule has 0 bridgehead atoms. The number of hydrogen-bond donors (Lipinski definition) is 1. The zero-order chi connectivity index (χ0) is 11.4. The molecular weight excluding hydrogens is 320 g/mol. The van der Waals surface area contributed by atoms with Crippen LogP contribution in [0.5, 0.6) is 0 Å². The number of nitrogens with one attached hydrogen (secondary N) is 1. The fraction of sp³-hybridized carbons (Fsp3) is 0.667. The summed E-state index contributed by atoms with van der Waals surface area (Å²) >= 11 is 5.34. The molecule has 2 heterocycles. The molecule has 2 nitrogen and oxygen atoms in total. The van der Waals surface area contributed by atoms with Crippen molar-refractivity contribution in [3.05, 3.63) is 20.8 Å². The lowest BCUT2D eigenvalue weighted by molar-refractivity contribution is 0.236. The average molecular weight is 340 g/mol. The second kappa shape index (κ2) is 7.74. The van der Waals surface area contributed by atoms with Crippen molar-refractivity contribution in [3.8, 4) is 0 Å². The quantitative estimate of drug-likeness (QED) is 0.905. The van der Waals surface area contributed by atoms with Crippen molar-refractivity contribution in [1.82, 2.24) is 10.2 Å². The van der Waals surface area contributed by atoms with Crippen molar-refractivity contribution >= 4 is 39.7 Å². The van der Waals surface area contributed by atoms with Crippen LogP contribution in [0.15, 0.2) is 15.9 Å². The molecule has 0 aromatic carbocycles. The van der Waals surface area contributed by atoms with Crippen molar-refractivity contribution in [2.24, 2.45) is 5.92 Å². The SMILES string of the molecule is CN(Cc1cc(Br)cs1)CC1CCNCC1.Cl. The molecule has 1 aromatic heterocycles. The minimum absolute atomic E-state index is 0. The molecule has 1 aromatic rings. The summed E-state index contributed by atoms with van der Waals surface area (Å²) in [6.07, 6.45) is 2.66. The molecule has 98 valence electrons. The number of hydrogen-bond acceptors (Lipinski definition) is 3. The van der Waals surface area contributed by atoms with Gasteiger partial charge in [-0.05, 0) is 60.9 Å². The third kappa shape index (κ3) is 5.26. The van der Waals surface area contributed by atoms with Gasteiger partial charge >= 0.3 is 0 Å². The van der Waals surface area contributed by atoms with Crippen LogP contribution >= 0.6 is 39.7 Å². The number of nitrogens with zero attached hydrogens (tertiary/aromatic N) is 1. The maximum atomic E-state index is 3.50. The standard InChI is InChI=1S/C12H19BrN2S.ClH/c1-15(7-10-2-4-14-5-3-10)8-12-6-11(13)9-16-12;/h6,9-10,14H,2-5,7-8H2,1H3;1H. The Bertz CT molecular complexity index is 326. The van der Waals surface area contributed by atoms with E-state index in [9.17, 15) is 0 Å². The van der Waals surface area contributed by atoms with Crippen LogP contribution in [0.2, 0.25) is 0 Å². The Morgan fingerprint density at radius 2 is 2.18 bits per heavy atom. The first-order chi connectivity index (χ1) is 7.74. The van der Waals surface area contributed by atoms with E-state index in [1.54, 1.807) is 0 Å². The van der Waals surface area contributed by atoms with Gasteiger partial charge in [0.2, 0.25) is 0 Å². The van der Waals surface area contributed by atoms with Gasteiger partial charge in [0.1, 0.15) is 0 Å². The summed E-state index contributed by atoms with van der Waals surface area (Å²) in [5.74, 6) is 0.884. The normalized spacial score (nSPS) is 17.1. The summed E-state index contributed by atoms with van der Waals surface area (Å²) in [5.41, 5.74) is 0. The van der Waals surface area contributed by atoms with Crippen molar-refractivity contribution in [2.45, 2.75) is 19.4 Å². The Morgan fingerprint density at radius 1 is 1.47 bits per heavy atom. The first kappa shape index (κ1) is 15.4. The van der Waals surface area contributed by atoms with Gasteiger partial charge in [0.15, 0.2) is 0 Å². The minimum atomic E-state index is 0. The number of rotatable bonds is 4. The van der Waals surface area contributed by atoms with Crippen molar-refractivity contribution in [1.29, 1.82) is 0 Å². The van der Waals surface area contributed by atoms with Crippen LogP contribution in [0.25, 0.3) is 0 Å². The maximum Gasteiger partial charge on any atom is 0.0325 e. The number of piperidine rings is 1. The van der Waals surface area contributed by atoms with E-state index in [0.29, 0.717) is 0 Å². The second-order valence-electron chi connectivity index (χ2n) is 4.62. The predicted molar refractivity (Wildman–Crippen MR) is 81.2 cm³/mol. The Morgan fingerprint density at radius 3 is 2.76 bits per heavy atom. The smallest absolute Gasteiger partial charge is 0.0325 e. The van der Waals surface area contributed by atoms with Crippen LogP contribution in [0.1, 0.15) is 17.7 Å². The van der Waals surface area contributed by atoms with Crippen molar-refractivity contribution < 1.29 is 0 Å². The molecule has 17 heavy (non-hydrogen) atoms. The van der Waals surface area contributed by atoms with Crippen molar-refractivity contribution in [3.63, 3.8) is 0 Å². The lowest BCUT2D eigenvalue weighted by Crippen LogP contribution is -2.34. The summed E-state index contributed by atoms with van der Waals surface area (Å²) in [6, 6.07) is 2.23. The molecule has 0 saturated carbocycles. The summed E-state index contributed by atoms with van der Waals surface area (Å²) in [7, 11) is 2.23. The van der Waals surface area contributed by atoms with Crippen LogP contribution in [-0.4, -0.2) is 31.6 Å². The Labute approximate surface area is 122 Å². The highest BCUT2D eigenvalue weighted by Gasteiger charge is 2.15. The highest BCUT2D eigenvalue weighted by Crippen LogP contribution is 2.21. The summed E-state index contributed by atoms with van der Waals surface area (Å²) < 4.78 is 1.21. The fourth-order valence-electron chi connectivity index (χ4n) is 2.27. The Hall–Kier alpha value is 0.390. The van der Waals surface area contributed by atoms with Crippen molar-refractivity contribution in [2.75, 3.05) is 26.7 Å². The Kier molecular flexibility index (Phi) is 7.04. The molecule has 0 spiro atoms. The highest BCUT2D eigenvalue weighted by molar-refractivity contribution is 9.10. The van der Waals surface area contributed by atoms with Gasteiger partial charge in [0.05, 0.1) is 0 Å². The molecule has 0 aliphatic carbocycles.